The van der Waals surface area contributed by atoms with Crippen LogP contribution in [-0.2, 0) is 6.42 Å². The van der Waals surface area contributed by atoms with Crippen LogP contribution in [0.3, 0.4) is 0 Å². The summed E-state index contributed by atoms with van der Waals surface area (Å²) in [4.78, 5) is 10.2. The highest BCUT2D eigenvalue weighted by molar-refractivity contribution is 5.96. The second kappa shape index (κ2) is 16.5. The van der Waals surface area contributed by atoms with Crippen LogP contribution in [0.15, 0.2) is 97.0 Å². The Morgan fingerprint density at radius 2 is 1.92 bits per heavy atom. The van der Waals surface area contributed by atoms with Crippen LogP contribution in [0.25, 0.3) is 45.7 Å². The third-order valence-corrected chi connectivity index (χ3v) is 9.09. The lowest BCUT2D eigenvalue weighted by molar-refractivity contribution is 0.368. The predicted octanol–water partition coefficient (Wildman–Crippen LogP) is 6.90. The Labute approximate surface area is 289 Å². The lowest BCUT2D eigenvalue weighted by Gasteiger charge is -2.24. The summed E-state index contributed by atoms with van der Waals surface area (Å²) in [5.74, 6) is 0.402. The van der Waals surface area contributed by atoms with Crippen LogP contribution < -0.4 is 21.2 Å². The number of hydrogen-bond acceptors (Lipinski definition) is 5. The maximum Gasteiger partial charge on any atom is 0.138 e. The zero-order valence-corrected chi connectivity index (χ0v) is 29.4. The molecule has 4 heterocycles. The maximum absolute atomic E-state index is 14.9. The van der Waals surface area contributed by atoms with Crippen molar-refractivity contribution >= 4 is 23.2 Å². The minimum atomic E-state index is -0.237. The number of halogens is 1. The van der Waals surface area contributed by atoms with Crippen molar-refractivity contribution < 1.29 is 4.39 Å². The molecule has 0 amide bonds. The number of hydrogen-bond donors (Lipinski definition) is 4. The van der Waals surface area contributed by atoms with Crippen LogP contribution in [-0.4, -0.2) is 58.8 Å². The van der Waals surface area contributed by atoms with E-state index in [0.29, 0.717) is 11.6 Å². The van der Waals surface area contributed by atoms with Crippen molar-refractivity contribution in [3.63, 3.8) is 0 Å². The number of H-pyrrole nitrogens is 2. The zero-order valence-electron chi connectivity index (χ0n) is 29.4. The summed E-state index contributed by atoms with van der Waals surface area (Å²) >= 11 is 0. The van der Waals surface area contributed by atoms with Crippen molar-refractivity contribution in [2.75, 3.05) is 33.7 Å². The summed E-state index contributed by atoms with van der Waals surface area (Å²) in [5, 5.41) is 17.5. The van der Waals surface area contributed by atoms with Crippen LogP contribution in [0.2, 0.25) is 0 Å². The quantitative estimate of drug-likeness (QED) is 0.111. The maximum atomic E-state index is 14.9. The van der Waals surface area contributed by atoms with Crippen molar-refractivity contribution in [1.82, 2.24) is 35.7 Å². The number of nitrogens with one attached hydrogen (secondary N) is 4. The first-order valence-corrected chi connectivity index (χ1v) is 17.2. The molecule has 4 aromatic rings. The van der Waals surface area contributed by atoms with Gasteiger partial charge in [-0.05, 0) is 156 Å². The molecule has 1 aliphatic rings. The molecule has 0 atom stereocenters. The van der Waals surface area contributed by atoms with E-state index in [1.165, 1.54) is 12.8 Å². The fourth-order valence-corrected chi connectivity index (χ4v) is 6.51. The van der Waals surface area contributed by atoms with E-state index < -0.39 is 0 Å². The minimum Gasteiger partial charge on any atom is -0.359 e. The molecule has 0 aliphatic carbocycles. The third-order valence-electron chi connectivity index (χ3n) is 9.09. The number of benzene rings is 1. The molecule has 49 heavy (non-hydrogen) atoms. The fourth-order valence-electron chi connectivity index (χ4n) is 6.51. The molecule has 1 saturated heterocycles. The Bertz CT molecular complexity index is 2000. The van der Waals surface area contributed by atoms with E-state index in [0.717, 1.165) is 105 Å². The zero-order chi connectivity index (χ0) is 34.9. The molecule has 1 fully saturated rings. The summed E-state index contributed by atoms with van der Waals surface area (Å²) in [5.41, 5.74) is 8.66. The number of pyridine rings is 1. The van der Waals surface area contributed by atoms with E-state index >= 15 is 0 Å². The van der Waals surface area contributed by atoms with Crippen LogP contribution in [0.5, 0.6) is 0 Å². The molecule has 0 unspecified atom stereocenters. The molecule has 4 N–H and O–H groups in total. The topological polar surface area (TPSA) is 84.7 Å². The first-order chi connectivity index (χ1) is 23.7. The van der Waals surface area contributed by atoms with Gasteiger partial charge in [0.2, 0.25) is 0 Å². The summed E-state index contributed by atoms with van der Waals surface area (Å²) < 4.78 is 14.9. The van der Waals surface area contributed by atoms with Crippen LogP contribution in [0, 0.1) is 11.7 Å². The van der Waals surface area contributed by atoms with E-state index in [4.69, 9.17) is 5.10 Å². The van der Waals surface area contributed by atoms with Crippen molar-refractivity contribution in [2.45, 2.75) is 46.0 Å². The van der Waals surface area contributed by atoms with Gasteiger partial charge in [-0.1, -0.05) is 38.0 Å². The van der Waals surface area contributed by atoms with Crippen molar-refractivity contribution in [2.24, 2.45) is 5.92 Å². The van der Waals surface area contributed by atoms with E-state index in [1.54, 1.807) is 18.3 Å². The Kier molecular flexibility index (Phi) is 12.0. The second-order valence-electron chi connectivity index (χ2n) is 13.1. The smallest absolute Gasteiger partial charge is 0.138 e. The first-order valence-electron chi connectivity index (χ1n) is 17.2. The molecule has 0 radical (unpaired) electrons. The van der Waals surface area contributed by atoms with Gasteiger partial charge >= 0.3 is 0 Å². The van der Waals surface area contributed by atoms with Gasteiger partial charge in [0.25, 0.3) is 0 Å². The van der Waals surface area contributed by atoms with Crippen LogP contribution >= 0.6 is 0 Å². The highest BCUT2D eigenvalue weighted by Gasteiger charge is 2.16. The predicted molar refractivity (Wildman–Crippen MR) is 203 cm³/mol. The Hall–Kier alpha value is -4.79. The Morgan fingerprint density at radius 1 is 1.12 bits per heavy atom. The van der Waals surface area contributed by atoms with Gasteiger partial charge in [0.15, 0.2) is 0 Å². The first kappa shape index (κ1) is 35.5. The average Bonchev–Trinajstić information content (AvgIpc) is 3.70. The van der Waals surface area contributed by atoms with Crippen LogP contribution in [0.1, 0.15) is 45.1 Å². The molecular weight excluding hydrogens is 609 g/mol. The molecule has 0 spiro atoms. The SMILES string of the molecule is C=C/C(=C\C(=C/C)C(=C)/C=c1/c(-c2cc3c(-c4cc(F)cc(CCCN(C)C)c4)ccnc3[nH]2)n[nH]/c1=C/C)NC(=C)CC1CCNCC1. The lowest BCUT2D eigenvalue weighted by Crippen LogP contribution is -2.28. The van der Waals surface area contributed by atoms with Crippen molar-refractivity contribution in [3.8, 4) is 22.5 Å². The Morgan fingerprint density at radius 3 is 2.63 bits per heavy atom. The molecule has 256 valence electrons. The number of aromatic amines is 2. The molecule has 7 nitrogen and oxygen atoms in total. The average molecular weight is 660 g/mol. The van der Waals surface area contributed by atoms with Gasteiger partial charge < -0.3 is 20.5 Å². The van der Waals surface area contributed by atoms with Gasteiger partial charge in [-0.3, -0.25) is 5.10 Å². The molecule has 3 aromatic heterocycles. The molecule has 5 rings (SSSR count). The molecule has 0 saturated carbocycles. The molecule has 0 bridgehead atoms. The van der Waals surface area contributed by atoms with E-state index in [9.17, 15) is 4.39 Å². The van der Waals surface area contributed by atoms with E-state index in [1.807, 2.05) is 44.2 Å². The largest absolute Gasteiger partial charge is 0.359 e. The van der Waals surface area contributed by atoms with Gasteiger partial charge in [0.1, 0.15) is 17.2 Å². The normalized spacial score (nSPS) is 15.4. The van der Waals surface area contributed by atoms with Gasteiger partial charge in [-0.25, -0.2) is 9.37 Å². The number of rotatable bonds is 14. The molecular formula is C41H50FN7. The van der Waals surface area contributed by atoms with E-state index in [-0.39, 0.29) is 5.82 Å². The highest BCUT2D eigenvalue weighted by atomic mass is 19.1. The third kappa shape index (κ3) is 9.02. The number of aryl methyl sites for hydroxylation is 1. The fraction of sp³-hybridized carbons (Fsp3) is 0.317. The van der Waals surface area contributed by atoms with Gasteiger partial charge in [0.05, 0.1) is 11.0 Å². The number of nitrogens with zero attached hydrogens (tertiary/aromatic N) is 3. The summed E-state index contributed by atoms with van der Waals surface area (Å²) in [6.45, 7) is 19.8. The standard InChI is InChI=1S/C41H50FN7/c1-8-31(25-34(9-2)45-28(5)21-29-13-16-43-17-14-29)27(4)20-37-38(10-3)47-48-40(37)39-26-36-35(15-18-44-41(36)46-39)32-22-30(23-33(42)24-32)12-11-19-49(6)7/h8-10,15,18,20,22-26,29,43,45,47H,2,4-5,11-14,16-17,19,21H2,1,3,6-7H3,(H,44,46)/b31-8+,34-25+,37-20+,38-10+. The number of aromatic nitrogens is 4. The number of fused-ring (bicyclic) bond motifs is 1. The Balaban J connectivity index is 1.44. The van der Waals surface area contributed by atoms with Crippen molar-refractivity contribution in [1.29, 1.82) is 0 Å². The van der Waals surface area contributed by atoms with Gasteiger partial charge in [0, 0.05) is 28.2 Å². The number of allylic oxidation sites excluding steroid dienone is 6. The monoisotopic (exact) mass is 659 g/mol. The van der Waals surface area contributed by atoms with Crippen LogP contribution in [0.4, 0.5) is 4.39 Å². The summed E-state index contributed by atoms with van der Waals surface area (Å²) in [6, 6.07) is 9.31. The summed E-state index contributed by atoms with van der Waals surface area (Å²) in [7, 11) is 4.10. The summed E-state index contributed by atoms with van der Waals surface area (Å²) in [6.07, 6.45) is 16.8. The second-order valence-corrected chi connectivity index (χ2v) is 13.1. The molecule has 1 aromatic carbocycles. The molecule has 1 aliphatic heterocycles. The lowest BCUT2D eigenvalue weighted by atomic mass is 9.93. The van der Waals surface area contributed by atoms with Gasteiger partial charge in [-0.15, -0.1) is 0 Å². The van der Waals surface area contributed by atoms with E-state index in [2.05, 4.69) is 82.7 Å². The van der Waals surface area contributed by atoms with Crippen molar-refractivity contribution in [3.05, 3.63) is 119 Å². The number of piperidine rings is 1. The van der Waals surface area contributed by atoms with Gasteiger partial charge in [-0.2, -0.15) is 5.10 Å². The molecule has 8 heteroatoms. The minimum absolute atomic E-state index is 0.237. The highest BCUT2D eigenvalue weighted by Crippen LogP contribution is 2.31.